The third kappa shape index (κ3) is 3.32. The third-order valence-corrected chi connectivity index (χ3v) is 7.10. The van der Waals surface area contributed by atoms with Crippen LogP contribution in [0.4, 0.5) is 5.69 Å². The molecule has 4 aromatic rings. The van der Waals surface area contributed by atoms with Crippen molar-refractivity contribution in [1.29, 1.82) is 0 Å². The summed E-state index contributed by atoms with van der Waals surface area (Å²) in [5.41, 5.74) is 4.51. The molecule has 30 heavy (non-hydrogen) atoms. The monoisotopic (exact) mass is 431 g/mol. The summed E-state index contributed by atoms with van der Waals surface area (Å²) in [6.07, 6.45) is 5.35. The fraction of sp³-hybridized carbons (Fsp3) is 0.154. The van der Waals surface area contributed by atoms with Gasteiger partial charge in [0.05, 0.1) is 10.7 Å². The molecule has 0 fully saturated rings. The van der Waals surface area contributed by atoms with Crippen LogP contribution < -0.4 is 4.90 Å². The molecule has 0 amide bonds. The molecule has 3 aromatic carbocycles. The summed E-state index contributed by atoms with van der Waals surface area (Å²) in [7, 11) is 2.09. The van der Waals surface area contributed by atoms with Gasteiger partial charge in [0.2, 0.25) is 0 Å². The Bertz CT molecular complexity index is 1350. The van der Waals surface area contributed by atoms with Gasteiger partial charge in [0, 0.05) is 27.9 Å². The molecule has 1 aromatic heterocycles. The van der Waals surface area contributed by atoms with Crippen LogP contribution in [0.15, 0.2) is 80.6 Å². The lowest BCUT2D eigenvalue weighted by atomic mass is 10.0. The standard InChI is InChI=1S/C26H22ClNOS/c1-4-17(12-26-28(3)22-15-20(27)9-10-25(22)30-26)11-23-16(2)21-13-18-7-5-6-8-19(18)14-24(21)29-23/h5-15H,4H2,1-3H3/b17-11-,26-12+. The molecule has 1 aliphatic heterocycles. The van der Waals surface area contributed by atoms with E-state index in [1.54, 1.807) is 11.8 Å². The van der Waals surface area contributed by atoms with Crippen molar-refractivity contribution in [2.24, 2.45) is 0 Å². The highest BCUT2D eigenvalue weighted by Crippen LogP contribution is 2.46. The molecule has 1 aliphatic rings. The van der Waals surface area contributed by atoms with Gasteiger partial charge in [-0.15, -0.1) is 0 Å². The predicted octanol–water partition coefficient (Wildman–Crippen LogP) is 8.42. The van der Waals surface area contributed by atoms with E-state index in [4.69, 9.17) is 16.0 Å². The van der Waals surface area contributed by atoms with Gasteiger partial charge in [-0.3, -0.25) is 0 Å². The molecule has 2 nitrogen and oxygen atoms in total. The normalized spacial score (nSPS) is 15.5. The Hall–Kier alpha value is -2.62. The largest absolute Gasteiger partial charge is 0.456 e. The topological polar surface area (TPSA) is 16.4 Å². The molecule has 150 valence electrons. The molecule has 0 unspecified atom stereocenters. The fourth-order valence-corrected chi connectivity index (χ4v) is 5.17. The summed E-state index contributed by atoms with van der Waals surface area (Å²) in [5, 5.41) is 5.58. The van der Waals surface area contributed by atoms with E-state index in [0.29, 0.717) is 0 Å². The van der Waals surface area contributed by atoms with Crippen LogP contribution in [0.25, 0.3) is 27.8 Å². The third-order valence-electron chi connectivity index (χ3n) is 5.70. The molecule has 0 spiro atoms. The van der Waals surface area contributed by atoms with Gasteiger partial charge in [-0.25, -0.2) is 0 Å². The number of hydrogen-bond acceptors (Lipinski definition) is 3. The first-order valence-corrected chi connectivity index (χ1v) is 11.3. The Balaban J connectivity index is 1.54. The van der Waals surface area contributed by atoms with Gasteiger partial charge in [-0.1, -0.05) is 54.6 Å². The number of anilines is 1. The van der Waals surface area contributed by atoms with E-state index < -0.39 is 0 Å². The van der Waals surface area contributed by atoms with E-state index >= 15 is 0 Å². The maximum Gasteiger partial charge on any atom is 0.135 e. The van der Waals surface area contributed by atoms with Gasteiger partial charge in [-0.05, 0) is 72.2 Å². The van der Waals surface area contributed by atoms with Crippen molar-refractivity contribution < 1.29 is 4.42 Å². The van der Waals surface area contributed by atoms with Gasteiger partial charge in [-0.2, -0.15) is 0 Å². The Kier molecular flexibility index (Phi) is 4.88. The van der Waals surface area contributed by atoms with Gasteiger partial charge >= 0.3 is 0 Å². The molecule has 4 heteroatoms. The molecular weight excluding hydrogens is 410 g/mol. The highest BCUT2D eigenvalue weighted by atomic mass is 35.5. The van der Waals surface area contributed by atoms with Crippen LogP contribution in [-0.4, -0.2) is 7.05 Å². The van der Waals surface area contributed by atoms with Crippen molar-refractivity contribution >= 4 is 56.9 Å². The second kappa shape index (κ2) is 7.57. The van der Waals surface area contributed by atoms with Crippen molar-refractivity contribution in [3.8, 4) is 0 Å². The van der Waals surface area contributed by atoms with Crippen LogP contribution >= 0.6 is 23.4 Å². The zero-order valence-electron chi connectivity index (χ0n) is 17.2. The number of hydrogen-bond donors (Lipinski definition) is 0. The van der Waals surface area contributed by atoms with Crippen LogP contribution in [0.1, 0.15) is 24.7 Å². The van der Waals surface area contributed by atoms with Crippen LogP contribution in [0.5, 0.6) is 0 Å². The number of aryl methyl sites for hydroxylation is 1. The smallest absolute Gasteiger partial charge is 0.135 e. The molecule has 0 radical (unpaired) electrons. The van der Waals surface area contributed by atoms with Crippen LogP contribution in [0.3, 0.4) is 0 Å². The predicted molar refractivity (Wildman–Crippen MR) is 131 cm³/mol. The molecule has 0 atom stereocenters. The second-order valence-corrected chi connectivity index (χ2v) is 9.11. The average Bonchev–Trinajstić information content (AvgIpc) is 3.22. The molecule has 0 aliphatic carbocycles. The van der Waals surface area contributed by atoms with Gasteiger partial charge in [0.15, 0.2) is 0 Å². The van der Waals surface area contributed by atoms with E-state index in [1.807, 2.05) is 12.1 Å². The molecule has 0 N–H and O–H groups in total. The highest BCUT2D eigenvalue weighted by molar-refractivity contribution is 8.03. The van der Waals surface area contributed by atoms with E-state index in [2.05, 4.69) is 80.4 Å². The van der Waals surface area contributed by atoms with Crippen LogP contribution in [0.2, 0.25) is 5.02 Å². The number of halogens is 1. The average molecular weight is 432 g/mol. The number of thioether (sulfide) groups is 1. The Labute approximate surface area is 185 Å². The minimum Gasteiger partial charge on any atom is -0.456 e. The fourth-order valence-electron chi connectivity index (χ4n) is 3.90. The van der Waals surface area contributed by atoms with E-state index in [0.717, 1.165) is 28.5 Å². The summed E-state index contributed by atoms with van der Waals surface area (Å²) < 4.78 is 6.26. The Morgan fingerprint density at radius 2 is 1.87 bits per heavy atom. The van der Waals surface area contributed by atoms with Crippen LogP contribution in [0, 0.1) is 6.92 Å². The quantitative estimate of drug-likeness (QED) is 0.324. The molecule has 0 saturated carbocycles. The first-order valence-electron chi connectivity index (χ1n) is 10.1. The number of allylic oxidation sites excluding steroid dienone is 2. The minimum absolute atomic E-state index is 0.763. The summed E-state index contributed by atoms with van der Waals surface area (Å²) in [6.45, 7) is 4.32. The van der Waals surface area contributed by atoms with Crippen molar-refractivity contribution in [1.82, 2.24) is 0 Å². The first-order chi connectivity index (χ1) is 14.5. The maximum atomic E-state index is 6.26. The lowest BCUT2D eigenvalue weighted by Gasteiger charge is -2.14. The molecule has 0 bridgehead atoms. The van der Waals surface area contributed by atoms with Crippen molar-refractivity contribution in [2.45, 2.75) is 25.2 Å². The van der Waals surface area contributed by atoms with E-state index in [-0.39, 0.29) is 0 Å². The summed E-state index contributed by atoms with van der Waals surface area (Å²) in [5.74, 6) is 0.931. The molecule has 5 rings (SSSR count). The SMILES string of the molecule is CCC(=C/c1oc2cc3ccccc3cc2c1C)/C=C1/Sc2ccc(Cl)cc2N1C. The molecular formula is C26H22ClNOS. The zero-order chi connectivity index (χ0) is 20.8. The lowest BCUT2D eigenvalue weighted by Crippen LogP contribution is -2.09. The summed E-state index contributed by atoms with van der Waals surface area (Å²) >= 11 is 7.97. The number of rotatable bonds is 3. The molecule has 0 saturated heterocycles. The maximum absolute atomic E-state index is 6.26. The molecule has 2 heterocycles. The zero-order valence-corrected chi connectivity index (χ0v) is 18.8. The van der Waals surface area contributed by atoms with Crippen molar-refractivity contribution in [2.75, 3.05) is 11.9 Å². The van der Waals surface area contributed by atoms with Crippen molar-refractivity contribution in [3.05, 3.63) is 87.6 Å². The van der Waals surface area contributed by atoms with Crippen LogP contribution in [-0.2, 0) is 0 Å². The van der Waals surface area contributed by atoms with E-state index in [1.165, 1.54) is 37.2 Å². The van der Waals surface area contributed by atoms with Gasteiger partial charge in [0.1, 0.15) is 11.3 Å². The summed E-state index contributed by atoms with van der Waals surface area (Å²) in [4.78, 5) is 3.43. The summed E-state index contributed by atoms with van der Waals surface area (Å²) in [6, 6.07) is 18.8. The number of nitrogens with zero attached hydrogens (tertiary/aromatic N) is 1. The number of furan rings is 1. The van der Waals surface area contributed by atoms with E-state index in [9.17, 15) is 0 Å². The van der Waals surface area contributed by atoms with Crippen molar-refractivity contribution in [3.63, 3.8) is 0 Å². The van der Waals surface area contributed by atoms with Gasteiger partial charge < -0.3 is 9.32 Å². The number of fused-ring (bicyclic) bond motifs is 3. The number of benzene rings is 3. The first kappa shape index (κ1) is 19.3. The second-order valence-electron chi connectivity index (χ2n) is 7.62. The minimum atomic E-state index is 0.763. The lowest BCUT2D eigenvalue weighted by molar-refractivity contribution is 0.601. The highest BCUT2D eigenvalue weighted by Gasteiger charge is 2.22. The van der Waals surface area contributed by atoms with Gasteiger partial charge in [0.25, 0.3) is 0 Å². The Morgan fingerprint density at radius 1 is 1.10 bits per heavy atom. The Morgan fingerprint density at radius 3 is 2.63 bits per heavy atom.